The lowest BCUT2D eigenvalue weighted by Gasteiger charge is -2.15. The van der Waals surface area contributed by atoms with Crippen molar-refractivity contribution < 1.29 is 32.9 Å². The molecule has 0 fully saturated rings. The van der Waals surface area contributed by atoms with Crippen molar-refractivity contribution >= 4 is 49.9 Å². The number of hydrogen-bond donors (Lipinski definition) is 2. The monoisotopic (exact) mass is 580 g/mol. The maximum atomic E-state index is 12.3. The molecule has 37 heavy (non-hydrogen) atoms. The van der Waals surface area contributed by atoms with Gasteiger partial charge in [0.1, 0.15) is 37.8 Å². The number of nitrogens with one attached hydrogen (secondary N) is 2. The summed E-state index contributed by atoms with van der Waals surface area (Å²) < 4.78 is 39.6. The first-order valence-electron chi connectivity index (χ1n) is 11.6. The van der Waals surface area contributed by atoms with Crippen LogP contribution < -0.4 is 15.4 Å². The second-order valence-corrected chi connectivity index (χ2v) is 8.49. The Hall–Kier alpha value is -2.90. The molecule has 3 aromatic rings. The number of ether oxygens (including phenoxy) is 5. The van der Waals surface area contributed by atoms with Crippen LogP contribution in [0.25, 0.3) is 10.9 Å². The summed E-state index contributed by atoms with van der Waals surface area (Å²) in [6.45, 7) is 1.50. The van der Waals surface area contributed by atoms with Crippen molar-refractivity contribution in [3.63, 3.8) is 0 Å². The van der Waals surface area contributed by atoms with Crippen LogP contribution >= 0.6 is 15.9 Å². The van der Waals surface area contributed by atoms with Crippen molar-refractivity contribution in [2.24, 2.45) is 0 Å². The minimum absolute atomic E-state index is 0.0781. The number of carbonyl (C=O) groups is 1. The molecular formula is C25H30BrFN4O6. The molecule has 0 aliphatic carbocycles. The van der Waals surface area contributed by atoms with Gasteiger partial charge in [0.15, 0.2) is 0 Å². The predicted molar refractivity (Wildman–Crippen MR) is 141 cm³/mol. The maximum Gasteiger partial charge on any atom is 0.250 e. The first kappa shape index (κ1) is 28.7. The summed E-state index contributed by atoms with van der Waals surface area (Å²) in [6, 6.07) is 11.2. The number of nitrogens with zero attached hydrogens (tertiary/aromatic N) is 2. The highest BCUT2D eigenvalue weighted by molar-refractivity contribution is 9.10. The fraction of sp³-hybridized carbons (Fsp3) is 0.400. The van der Waals surface area contributed by atoms with Crippen LogP contribution in [0.15, 0.2) is 47.2 Å². The highest BCUT2D eigenvalue weighted by Crippen LogP contribution is 2.33. The summed E-state index contributed by atoms with van der Waals surface area (Å²) in [7, 11) is 1.45. The molecule has 0 radical (unpaired) electrons. The third-order valence-electron chi connectivity index (χ3n) is 4.82. The molecule has 0 unspecified atom stereocenters. The number of amides is 1. The number of aromatic nitrogens is 2. The molecule has 3 rings (SSSR count). The van der Waals surface area contributed by atoms with Gasteiger partial charge in [0.05, 0.1) is 50.8 Å². The van der Waals surface area contributed by atoms with Gasteiger partial charge in [0, 0.05) is 28.7 Å². The molecule has 0 saturated carbocycles. The van der Waals surface area contributed by atoms with E-state index in [1.54, 1.807) is 12.1 Å². The molecular weight excluding hydrogens is 551 g/mol. The Morgan fingerprint density at radius 2 is 1.70 bits per heavy atom. The van der Waals surface area contributed by atoms with E-state index in [1.807, 2.05) is 24.3 Å². The maximum absolute atomic E-state index is 12.3. The minimum Gasteiger partial charge on any atom is -0.489 e. The number of alkyl halides is 1. The number of benzene rings is 2. The van der Waals surface area contributed by atoms with Gasteiger partial charge in [0.2, 0.25) is 5.91 Å². The standard InChI is InChI=1S/C25H30BrFN4O6/c1-33-16-24(32)31-22-14-20-21(28-17-29-25(20)30-19-4-2-3-18(26)13-19)15-23(22)37-12-11-36-10-9-35-8-7-34-6-5-27/h2-4,13-15,17H,5-12,16H2,1H3,(H,31,32)(H,28,29,30). The molecule has 2 N–H and O–H groups in total. The second-order valence-electron chi connectivity index (χ2n) is 7.58. The van der Waals surface area contributed by atoms with Crippen LogP contribution in [-0.2, 0) is 23.7 Å². The van der Waals surface area contributed by atoms with E-state index in [2.05, 4.69) is 36.5 Å². The zero-order valence-corrected chi connectivity index (χ0v) is 22.1. The SMILES string of the molecule is COCC(=O)Nc1cc2c(Nc3cccc(Br)c3)ncnc2cc1OCCOCCOCCOCCF. The van der Waals surface area contributed by atoms with Gasteiger partial charge in [-0.05, 0) is 24.3 Å². The number of methoxy groups -OCH3 is 1. The van der Waals surface area contributed by atoms with Gasteiger partial charge in [-0.3, -0.25) is 4.79 Å². The molecule has 0 bridgehead atoms. The summed E-state index contributed by atoms with van der Waals surface area (Å²) in [6.07, 6.45) is 1.46. The Morgan fingerprint density at radius 3 is 2.41 bits per heavy atom. The quantitative estimate of drug-likeness (QED) is 0.228. The fourth-order valence-electron chi connectivity index (χ4n) is 3.23. The third kappa shape index (κ3) is 9.82. The van der Waals surface area contributed by atoms with Crippen molar-refractivity contribution in [2.75, 3.05) is 77.3 Å². The average Bonchev–Trinajstić information content (AvgIpc) is 2.88. The normalized spacial score (nSPS) is 11.0. The molecule has 0 aliphatic rings. The van der Waals surface area contributed by atoms with Gasteiger partial charge in [-0.2, -0.15) is 0 Å². The van der Waals surface area contributed by atoms with E-state index >= 15 is 0 Å². The molecule has 0 atom stereocenters. The Labute approximate surface area is 222 Å². The Kier molecular flexibility index (Phi) is 12.4. The number of anilines is 3. The number of halogens is 2. The van der Waals surface area contributed by atoms with Crippen LogP contribution in [0.3, 0.4) is 0 Å². The van der Waals surface area contributed by atoms with Crippen molar-refractivity contribution in [3.8, 4) is 5.75 Å². The topological polar surface area (TPSA) is 113 Å². The summed E-state index contributed by atoms with van der Waals surface area (Å²) in [4.78, 5) is 21.0. The molecule has 1 amide bonds. The zero-order valence-electron chi connectivity index (χ0n) is 20.5. The lowest BCUT2D eigenvalue weighted by atomic mass is 10.2. The van der Waals surface area contributed by atoms with Crippen molar-refractivity contribution in [3.05, 3.63) is 47.2 Å². The lowest BCUT2D eigenvalue weighted by Crippen LogP contribution is -2.18. The molecule has 200 valence electrons. The molecule has 0 aliphatic heterocycles. The smallest absolute Gasteiger partial charge is 0.250 e. The summed E-state index contributed by atoms with van der Waals surface area (Å²) >= 11 is 3.46. The first-order valence-corrected chi connectivity index (χ1v) is 12.4. The highest BCUT2D eigenvalue weighted by Gasteiger charge is 2.14. The van der Waals surface area contributed by atoms with E-state index < -0.39 is 6.67 Å². The lowest BCUT2D eigenvalue weighted by molar-refractivity contribution is -0.119. The van der Waals surface area contributed by atoms with E-state index in [0.717, 1.165) is 10.2 Å². The number of carbonyl (C=O) groups excluding carboxylic acids is 1. The number of hydrogen-bond acceptors (Lipinski definition) is 9. The zero-order chi connectivity index (χ0) is 26.3. The van der Waals surface area contributed by atoms with Gasteiger partial charge in [-0.1, -0.05) is 22.0 Å². The Balaban J connectivity index is 1.63. The van der Waals surface area contributed by atoms with E-state index in [-0.39, 0.29) is 25.7 Å². The van der Waals surface area contributed by atoms with E-state index in [1.165, 1.54) is 13.4 Å². The largest absolute Gasteiger partial charge is 0.489 e. The molecule has 1 heterocycles. The Morgan fingerprint density at radius 1 is 0.973 bits per heavy atom. The van der Waals surface area contributed by atoms with Crippen LogP contribution in [-0.4, -0.2) is 82.5 Å². The third-order valence-corrected chi connectivity index (χ3v) is 5.32. The molecule has 12 heteroatoms. The van der Waals surface area contributed by atoms with Crippen LogP contribution in [0.5, 0.6) is 5.75 Å². The van der Waals surface area contributed by atoms with Crippen molar-refractivity contribution in [2.45, 2.75) is 0 Å². The van der Waals surface area contributed by atoms with Gasteiger partial charge in [0.25, 0.3) is 0 Å². The second kappa shape index (κ2) is 16.0. The van der Waals surface area contributed by atoms with E-state index in [0.29, 0.717) is 61.2 Å². The fourth-order valence-corrected chi connectivity index (χ4v) is 3.63. The molecule has 2 aromatic carbocycles. The van der Waals surface area contributed by atoms with E-state index in [4.69, 9.17) is 23.7 Å². The van der Waals surface area contributed by atoms with Crippen LogP contribution in [0, 0.1) is 0 Å². The van der Waals surface area contributed by atoms with E-state index in [9.17, 15) is 9.18 Å². The van der Waals surface area contributed by atoms with Gasteiger partial charge < -0.3 is 34.3 Å². The Bertz CT molecular complexity index is 1140. The number of fused-ring (bicyclic) bond motifs is 1. The van der Waals surface area contributed by atoms with Crippen molar-refractivity contribution in [1.82, 2.24) is 9.97 Å². The molecule has 10 nitrogen and oxygen atoms in total. The predicted octanol–water partition coefficient (Wildman–Crippen LogP) is 4.12. The summed E-state index contributed by atoms with van der Waals surface area (Å²) in [5.74, 6) is 0.693. The average molecular weight is 581 g/mol. The number of rotatable bonds is 17. The van der Waals surface area contributed by atoms with Crippen LogP contribution in [0.2, 0.25) is 0 Å². The highest BCUT2D eigenvalue weighted by atomic mass is 79.9. The summed E-state index contributed by atoms with van der Waals surface area (Å²) in [5, 5.41) is 6.81. The molecule has 0 saturated heterocycles. The first-order chi connectivity index (χ1) is 18.1. The van der Waals surface area contributed by atoms with Crippen LogP contribution in [0.1, 0.15) is 0 Å². The van der Waals surface area contributed by atoms with Crippen molar-refractivity contribution in [1.29, 1.82) is 0 Å². The minimum atomic E-state index is -0.505. The van der Waals surface area contributed by atoms with Gasteiger partial charge >= 0.3 is 0 Å². The van der Waals surface area contributed by atoms with Gasteiger partial charge in [-0.25, -0.2) is 14.4 Å². The van der Waals surface area contributed by atoms with Gasteiger partial charge in [-0.15, -0.1) is 0 Å². The molecule has 1 aromatic heterocycles. The molecule has 0 spiro atoms. The van der Waals surface area contributed by atoms with Crippen LogP contribution in [0.4, 0.5) is 21.6 Å². The summed E-state index contributed by atoms with van der Waals surface area (Å²) in [5.41, 5.74) is 1.93.